The number of carbonyl (C=O) groups excluding carboxylic acids is 2. The fourth-order valence-corrected chi connectivity index (χ4v) is 3.95. The van der Waals surface area contributed by atoms with E-state index in [1.807, 2.05) is 6.92 Å². The fourth-order valence-electron chi connectivity index (χ4n) is 3.49. The van der Waals surface area contributed by atoms with Crippen LogP contribution in [0.1, 0.15) is 29.4 Å². The monoisotopic (exact) mass is 482 g/mol. The number of ketones is 1. The van der Waals surface area contributed by atoms with Gasteiger partial charge in [0.2, 0.25) is 0 Å². The SMILES string of the molecule is CCc1cc(C(=O)C2=CC=CC(NC(=O)Nc3ccc(Cl)cc3Cl)=CC2)c2c(N)ncnn12. The highest BCUT2D eigenvalue weighted by Gasteiger charge is 2.21. The number of halogens is 2. The molecular formula is C23H20Cl2N6O2. The molecule has 168 valence electrons. The molecule has 33 heavy (non-hydrogen) atoms. The van der Waals surface area contributed by atoms with E-state index in [1.54, 1.807) is 53.1 Å². The van der Waals surface area contributed by atoms with Crippen molar-refractivity contribution >= 4 is 52.0 Å². The highest BCUT2D eigenvalue weighted by molar-refractivity contribution is 6.36. The van der Waals surface area contributed by atoms with Gasteiger partial charge in [-0.1, -0.05) is 48.4 Å². The van der Waals surface area contributed by atoms with Crippen molar-refractivity contribution in [1.82, 2.24) is 19.9 Å². The average Bonchev–Trinajstić information content (AvgIpc) is 3.02. The van der Waals surface area contributed by atoms with Crippen LogP contribution in [0.4, 0.5) is 16.3 Å². The van der Waals surface area contributed by atoms with E-state index in [1.165, 1.54) is 6.33 Å². The Balaban J connectivity index is 1.50. The third-order valence-electron chi connectivity index (χ3n) is 5.11. The van der Waals surface area contributed by atoms with Crippen molar-refractivity contribution in [2.75, 3.05) is 11.1 Å². The standard InChI is InChI=1S/C23H20Cl2N6O2/c1-2-16-11-17(20-22(26)27-12-28-31(16)20)21(32)13-4-3-5-15(8-6-13)29-23(33)30-19-9-7-14(24)10-18(19)25/h3-5,7-12H,2,6H2,1H3,(H2,26,27,28)(H2,29,30,33). The number of amides is 2. The van der Waals surface area contributed by atoms with Crippen molar-refractivity contribution < 1.29 is 9.59 Å². The molecule has 3 aromatic rings. The highest BCUT2D eigenvalue weighted by Crippen LogP contribution is 2.26. The number of rotatable bonds is 5. The van der Waals surface area contributed by atoms with Gasteiger partial charge in [0.1, 0.15) is 11.8 Å². The minimum absolute atomic E-state index is 0.173. The van der Waals surface area contributed by atoms with Crippen molar-refractivity contribution in [3.05, 3.63) is 87.5 Å². The van der Waals surface area contributed by atoms with Gasteiger partial charge in [-0.3, -0.25) is 4.79 Å². The Bertz CT molecular complexity index is 1360. The zero-order valence-corrected chi connectivity index (χ0v) is 19.1. The third-order valence-corrected chi connectivity index (χ3v) is 5.66. The van der Waals surface area contributed by atoms with E-state index in [0.29, 0.717) is 50.9 Å². The van der Waals surface area contributed by atoms with E-state index < -0.39 is 6.03 Å². The molecule has 4 rings (SSSR count). The second-order valence-electron chi connectivity index (χ2n) is 7.26. The number of urea groups is 1. The Morgan fingerprint density at radius 2 is 2.03 bits per heavy atom. The number of hydrogen-bond acceptors (Lipinski definition) is 5. The molecule has 2 amide bonds. The molecule has 0 fully saturated rings. The number of aryl methyl sites for hydroxylation is 1. The lowest BCUT2D eigenvalue weighted by Gasteiger charge is -2.10. The second kappa shape index (κ2) is 9.48. The molecule has 0 aliphatic heterocycles. The number of carbonyl (C=O) groups is 2. The van der Waals surface area contributed by atoms with Crippen molar-refractivity contribution in [3.63, 3.8) is 0 Å². The molecule has 1 aliphatic carbocycles. The van der Waals surface area contributed by atoms with Crippen molar-refractivity contribution in [2.24, 2.45) is 0 Å². The predicted octanol–water partition coefficient (Wildman–Crippen LogP) is 4.96. The number of nitrogen functional groups attached to an aromatic ring is 1. The second-order valence-corrected chi connectivity index (χ2v) is 8.10. The van der Waals surface area contributed by atoms with Crippen LogP contribution in [0.5, 0.6) is 0 Å². The summed E-state index contributed by atoms with van der Waals surface area (Å²) in [5, 5.41) is 10.4. The van der Waals surface area contributed by atoms with Crippen LogP contribution in [-0.4, -0.2) is 26.4 Å². The average molecular weight is 483 g/mol. The topological polar surface area (TPSA) is 114 Å². The molecular weight excluding hydrogens is 463 g/mol. The molecule has 0 saturated heterocycles. The van der Waals surface area contributed by atoms with E-state index in [4.69, 9.17) is 28.9 Å². The predicted molar refractivity (Wildman–Crippen MR) is 130 cm³/mol. The molecule has 0 bridgehead atoms. The quantitative estimate of drug-likeness (QED) is 0.444. The number of nitrogens with zero attached hydrogens (tertiary/aromatic N) is 3. The van der Waals surface area contributed by atoms with Crippen LogP contribution in [0.15, 0.2) is 66.2 Å². The number of nitrogens with one attached hydrogen (secondary N) is 2. The van der Waals surface area contributed by atoms with E-state index in [0.717, 1.165) is 5.69 Å². The third kappa shape index (κ3) is 4.76. The van der Waals surface area contributed by atoms with E-state index >= 15 is 0 Å². The Kier molecular flexibility index (Phi) is 6.48. The molecule has 2 heterocycles. The summed E-state index contributed by atoms with van der Waals surface area (Å²) in [6.07, 6.45) is 9.26. The fraction of sp³-hybridized carbons (Fsp3) is 0.130. The molecule has 1 aliphatic rings. The van der Waals surface area contributed by atoms with Crippen LogP contribution in [0.2, 0.25) is 10.0 Å². The van der Waals surface area contributed by atoms with Crippen LogP contribution < -0.4 is 16.4 Å². The van der Waals surface area contributed by atoms with Crippen LogP contribution >= 0.6 is 23.2 Å². The van der Waals surface area contributed by atoms with Gasteiger partial charge < -0.3 is 16.4 Å². The first-order valence-electron chi connectivity index (χ1n) is 10.1. The summed E-state index contributed by atoms with van der Waals surface area (Å²) in [6.45, 7) is 1.98. The summed E-state index contributed by atoms with van der Waals surface area (Å²) in [5.74, 6) is 0.0708. The molecule has 0 spiro atoms. The van der Waals surface area contributed by atoms with Crippen molar-refractivity contribution in [3.8, 4) is 0 Å². The first-order valence-corrected chi connectivity index (χ1v) is 10.9. The van der Waals surface area contributed by atoms with Gasteiger partial charge in [-0.15, -0.1) is 0 Å². The van der Waals surface area contributed by atoms with Crippen LogP contribution in [0.25, 0.3) is 5.52 Å². The van der Waals surface area contributed by atoms with Gasteiger partial charge in [0.25, 0.3) is 0 Å². The van der Waals surface area contributed by atoms with E-state index in [9.17, 15) is 9.59 Å². The summed E-state index contributed by atoms with van der Waals surface area (Å²) < 4.78 is 1.65. The van der Waals surface area contributed by atoms with E-state index in [2.05, 4.69) is 20.7 Å². The van der Waals surface area contributed by atoms with Gasteiger partial charge in [0, 0.05) is 22.0 Å². The van der Waals surface area contributed by atoms with Crippen LogP contribution in [0.3, 0.4) is 0 Å². The Hall–Kier alpha value is -3.62. The molecule has 8 nitrogen and oxygen atoms in total. The molecule has 1 aromatic carbocycles. The summed E-state index contributed by atoms with van der Waals surface area (Å²) >= 11 is 12.0. The number of hydrogen-bond donors (Lipinski definition) is 3. The highest BCUT2D eigenvalue weighted by atomic mass is 35.5. The maximum atomic E-state index is 13.3. The summed E-state index contributed by atoms with van der Waals surface area (Å²) in [5.41, 5.74) is 9.36. The molecule has 10 heteroatoms. The van der Waals surface area contributed by atoms with Crippen molar-refractivity contribution in [2.45, 2.75) is 19.8 Å². The Morgan fingerprint density at radius 1 is 1.21 bits per heavy atom. The number of nitrogens with two attached hydrogens (primary N) is 1. The van der Waals surface area contributed by atoms with Gasteiger partial charge in [-0.2, -0.15) is 5.10 Å². The number of Topliss-reactive ketones (excluding diaryl/α,β-unsaturated/α-hetero) is 1. The van der Waals surface area contributed by atoms with Crippen molar-refractivity contribution in [1.29, 1.82) is 0 Å². The lowest BCUT2D eigenvalue weighted by molar-refractivity contribution is 0.103. The first-order chi connectivity index (χ1) is 15.9. The largest absolute Gasteiger partial charge is 0.382 e. The number of benzene rings is 1. The summed E-state index contributed by atoms with van der Waals surface area (Å²) in [6, 6.07) is 6.11. The molecule has 0 radical (unpaired) electrons. The number of allylic oxidation sites excluding steroid dienone is 5. The van der Waals surface area contributed by atoms with Gasteiger partial charge in [0.15, 0.2) is 11.6 Å². The molecule has 0 atom stereocenters. The summed E-state index contributed by atoms with van der Waals surface area (Å²) in [4.78, 5) is 29.7. The normalized spacial score (nSPS) is 13.3. The zero-order chi connectivity index (χ0) is 23.5. The first kappa shape index (κ1) is 22.6. The lowest BCUT2D eigenvalue weighted by atomic mass is 10.0. The maximum absolute atomic E-state index is 13.3. The minimum Gasteiger partial charge on any atom is -0.382 e. The van der Waals surface area contributed by atoms with Gasteiger partial charge in [-0.05, 0) is 43.2 Å². The summed E-state index contributed by atoms with van der Waals surface area (Å²) in [7, 11) is 0. The van der Waals surface area contributed by atoms with Gasteiger partial charge in [-0.25, -0.2) is 14.3 Å². The van der Waals surface area contributed by atoms with Gasteiger partial charge >= 0.3 is 6.03 Å². The minimum atomic E-state index is -0.471. The smallest absolute Gasteiger partial charge is 0.323 e. The molecule has 0 unspecified atom stereocenters. The Labute approximate surface area is 199 Å². The zero-order valence-electron chi connectivity index (χ0n) is 17.6. The lowest BCUT2D eigenvalue weighted by Crippen LogP contribution is -2.27. The molecule has 4 N–H and O–H groups in total. The number of fused-ring (bicyclic) bond motifs is 1. The number of anilines is 2. The maximum Gasteiger partial charge on any atom is 0.323 e. The van der Waals surface area contributed by atoms with E-state index in [-0.39, 0.29) is 11.6 Å². The van der Waals surface area contributed by atoms with Crippen LogP contribution in [-0.2, 0) is 6.42 Å². The molecule has 2 aromatic heterocycles. The van der Waals surface area contributed by atoms with Crippen LogP contribution in [0, 0.1) is 0 Å². The van der Waals surface area contributed by atoms with Gasteiger partial charge in [0.05, 0.1) is 16.3 Å². The molecule has 0 saturated carbocycles. The Morgan fingerprint density at radius 3 is 2.79 bits per heavy atom. The number of aromatic nitrogens is 3.